The molecule has 0 bridgehead atoms. The summed E-state index contributed by atoms with van der Waals surface area (Å²) in [5.41, 5.74) is 0.189. The Morgan fingerprint density at radius 1 is 1.18 bits per heavy atom. The van der Waals surface area contributed by atoms with Crippen molar-refractivity contribution < 1.29 is 4.79 Å². The summed E-state index contributed by atoms with van der Waals surface area (Å²) in [5, 5.41) is 0.291. The van der Waals surface area contributed by atoms with E-state index in [1.807, 2.05) is 0 Å². The van der Waals surface area contributed by atoms with Crippen LogP contribution in [0.2, 0.25) is 0 Å². The van der Waals surface area contributed by atoms with E-state index < -0.39 is 0 Å². The topological polar surface area (TPSA) is 20.3 Å². The maximum absolute atomic E-state index is 12.8. The van der Waals surface area contributed by atoms with E-state index in [0.717, 1.165) is 32.2 Å². The third-order valence-corrected chi connectivity index (χ3v) is 6.87. The van der Waals surface area contributed by atoms with Crippen molar-refractivity contribution in [2.45, 2.75) is 101 Å². The van der Waals surface area contributed by atoms with Crippen LogP contribution in [0, 0.1) is 5.92 Å². The van der Waals surface area contributed by atoms with Crippen molar-refractivity contribution >= 4 is 17.4 Å². The summed E-state index contributed by atoms with van der Waals surface area (Å²) in [5.74, 6) is 0.891. The lowest BCUT2D eigenvalue weighted by atomic mass is 9.62. The first-order valence-corrected chi connectivity index (χ1v) is 10.0. The average molecular weight is 326 g/mol. The van der Waals surface area contributed by atoms with E-state index in [1.54, 1.807) is 0 Å². The molecular weight excluding hydrogens is 294 g/mol. The first kappa shape index (κ1) is 16.8. The van der Waals surface area contributed by atoms with Crippen molar-refractivity contribution in [2.24, 2.45) is 5.92 Å². The fourth-order valence-corrected chi connectivity index (χ4v) is 5.68. The Kier molecular flexibility index (Phi) is 5.50. The second-order valence-electron chi connectivity index (χ2n) is 7.86. The fourth-order valence-electron chi connectivity index (χ4n) is 5.42. The maximum Gasteiger partial charge on any atom is 0.139 e. The van der Waals surface area contributed by atoms with Crippen molar-refractivity contribution in [1.29, 1.82) is 0 Å². The van der Waals surface area contributed by atoms with Gasteiger partial charge in [-0.15, -0.1) is 11.6 Å². The van der Waals surface area contributed by atoms with Gasteiger partial charge < -0.3 is 0 Å². The predicted molar refractivity (Wildman–Crippen MR) is 92.4 cm³/mol. The Hall–Kier alpha value is -0.0800. The molecule has 3 heteroatoms. The molecule has 2 aliphatic heterocycles. The predicted octanol–water partition coefficient (Wildman–Crippen LogP) is 4.93. The summed E-state index contributed by atoms with van der Waals surface area (Å²) in [7, 11) is 0. The number of ketones is 1. The van der Waals surface area contributed by atoms with Crippen molar-refractivity contribution in [2.75, 3.05) is 6.54 Å². The molecule has 0 N–H and O–H groups in total. The molecule has 3 fully saturated rings. The highest BCUT2D eigenvalue weighted by atomic mass is 35.5. The number of unbranched alkanes of at least 4 members (excludes halogenated alkanes) is 3. The Balaban J connectivity index is 1.75. The standard InChI is InChI=1S/C19H32ClNO/c1-2-3-4-5-8-16-13-18(22)17-9-6-7-11-19(17)12-10-15(20)14-21(16)19/h15-17H,2-14H2,1H3/t15-,16-,17-,19+/m0/s1. The molecule has 3 rings (SSSR count). The molecule has 0 amide bonds. The van der Waals surface area contributed by atoms with Crippen LogP contribution >= 0.6 is 11.6 Å². The van der Waals surface area contributed by atoms with Gasteiger partial charge in [-0.25, -0.2) is 0 Å². The number of hydrogen-bond acceptors (Lipinski definition) is 2. The molecule has 1 saturated carbocycles. The number of hydrogen-bond donors (Lipinski definition) is 0. The van der Waals surface area contributed by atoms with Gasteiger partial charge in [-0.1, -0.05) is 45.4 Å². The van der Waals surface area contributed by atoms with Gasteiger partial charge >= 0.3 is 0 Å². The molecule has 1 aliphatic carbocycles. The number of rotatable bonds is 5. The minimum atomic E-state index is 0.189. The van der Waals surface area contributed by atoms with E-state index in [9.17, 15) is 4.79 Å². The summed E-state index contributed by atoms with van der Waals surface area (Å²) in [6.07, 6.45) is 14.4. The molecule has 2 heterocycles. The number of alkyl halides is 1. The molecule has 0 aromatic heterocycles. The zero-order valence-corrected chi connectivity index (χ0v) is 14.9. The van der Waals surface area contributed by atoms with Gasteiger partial charge in [-0.3, -0.25) is 9.69 Å². The number of piperidine rings is 2. The van der Waals surface area contributed by atoms with E-state index in [2.05, 4.69) is 11.8 Å². The van der Waals surface area contributed by atoms with Crippen LogP contribution in [-0.2, 0) is 4.79 Å². The van der Waals surface area contributed by atoms with Crippen LogP contribution in [-0.4, -0.2) is 34.2 Å². The van der Waals surface area contributed by atoms with Crippen molar-refractivity contribution in [3.05, 3.63) is 0 Å². The summed E-state index contributed by atoms with van der Waals surface area (Å²) in [6.45, 7) is 3.28. The SMILES string of the molecule is CCCCCC[C@H]1CC(=O)[C@@H]2CCCC[C@@]23CC[C@H](Cl)CN13. The molecule has 0 aromatic rings. The number of Topliss-reactive ketones (excluding diaryl/α,β-unsaturated/α-hetero) is 1. The quantitative estimate of drug-likeness (QED) is 0.527. The Morgan fingerprint density at radius 2 is 2.05 bits per heavy atom. The van der Waals surface area contributed by atoms with Gasteiger partial charge in [-0.2, -0.15) is 0 Å². The largest absolute Gasteiger partial charge is 0.299 e. The average Bonchev–Trinajstić information content (AvgIpc) is 2.53. The van der Waals surface area contributed by atoms with Gasteiger partial charge in [0.25, 0.3) is 0 Å². The first-order valence-electron chi connectivity index (χ1n) is 9.61. The van der Waals surface area contributed by atoms with Gasteiger partial charge in [0.2, 0.25) is 0 Å². The van der Waals surface area contributed by atoms with E-state index in [-0.39, 0.29) is 5.54 Å². The van der Waals surface area contributed by atoms with Crippen molar-refractivity contribution in [3.8, 4) is 0 Å². The zero-order chi connectivity index (χ0) is 15.6. The normalized spacial score (nSPS) is 39.4. The van der Waals surface area contributed by atoms with E-state index in [0.29, 0.717) is 23.1 Å². The molecule has 126 valence electrons. The van der Waals surface area contributed by atoms with E-state index in [1.165, 1.54) is 51.4 Å². The minimum Gasteiger partial charge on any atom is -0.299 e. The highest BCUT2D eigenvalue weighted by Gasteiger charge is 2.55. The summed E-state index contributed by atoms with van der Waals surface area (Å²) >= 11 is 6.52. The van der Waals surface area contributed by atoms with Gasteiger partial charge in [0, 0.05) is 35.8 Å². The van der Waals surface area contributed by atoms with Crippen LogP contribution < -0.4 is 0 Å². The first-order chi connectivity index (χ1) is 10.7. The van der Waals surface area contributed by atoms with Gasteiger partial charge in [-0.05, 0) is 32.1 Å². The van der Waals surface area contributed by atoms with Crippen LogP contribution in [0.3, 0.4) is 0 Å². The third kappa shape index (κ3) is 3.11. The van der Waals surface area contributed by atoms with Crippen molar-refractivity contribution in [1.82, 2.24) is 4.90 Å². The van der Waals surface area contributed by atoms with Crippen LogP contribution in [0.1, 0.15) is 84.0 Å². The highest BCUT2D eigenvalue weighted by molar-refractivity contribution is 6.20. The van der Waals surface area contributed by atoms with Gasteiger partial charge in [0.1, 0.15) is 5.78 Å². The smallest absolute Gasteiger partial charge is 0.139 e. The monoisotopic (exact) mass is 325 g/mol. The van der Waals surface area contributed by atoms with Gasteiger partial charge in [0.15, 0.2) is 0 Å². The molecule has 0 unspecified atom stereocenters. The highest BCUT2D eigenvalue weighted by Crippen LogP contribution is 2.50. The molecule has 1 spiro atoms. The van der Waals surface area contributed by atoms with Crippen LogP contribution in [0.4, 0.5) is 0 Å². The van der Waals surface area contributed by atoms with E-state index >= 15 is 0 Å². The number of halogens is 1. The molecular formula is C19H32ClNO. The lowest BCUT2D eigenvalue weighted by Gasteiger charge is -2.60. The Bertz CT molecular complexity index is 399. The number of carbonyl (C=O) groups is 1. The summed E-state index contributed by atoms with van der Waals surface area (Å²) in [4.78, 5) is 15.5. The second kappa shape index (κ2) is 7.21. The van der Waals surface area contributed by atoms with Crippen LogP contribution in [0.15, 0.2) is 0 Å². The molecule has 3 aliphatic rings. The summed E-state index contributed by atoms with van der Waals surface area (Å²) < 4.78 is 0. The molecule has 2 saturated heterocycles. The zero-order valence-electron chi connectivity index (χ0n) is 14.2. The fraction of sp³-hybridized carbons (Fsp3) is 0.947. The molecule has 22 heavy (non-hydrogen) atoms. The number of carbonyl (C=O) groups excluding carboxylic acids is 1. The molecule has 4 atom stereocenters. The minimum absolute atomic E-state index is 0.189. The summed E-state index contributed by atoms with van der Waals surface area (Å²) in [6, 6.07) is 0.472. The lowest BCUT2D eigenvalue weighted by molar-refractivity contribution is -0.149. The second-order valence-corrected chi connectivity index (χ2v) is 8.48. The third-order valence-electron chi connectivity index (χ3n) is 6.52. The molecule has 0 radical (unpaired) electrons. The van der Waals surface area contributed by atoms with Crippen LogP contribution in [0.5, 0.6) is 0 Å². The van der Waals surface area contributed by atoms with E-state index in [4.69, 9.17) is 11.6 Å². The maximum atomic E-state index is 12.8. The van der Waals surface area contributed by atoms with Crippen LogP contribution in [0.25, 0.3) is 0 Å². The lowest BCUT2D eigenvalue weighted by Crippen LogP contribution is -2.68. The molecule has 2 nitrogen and oxygen atoms in total. The molecule has 0 aromatic carbocycles. The Labute approximate surface area is 141 Å². The number of nitrogens with zero attached hydrogens (tertiary/aromatic N) is 1. The van der Waals surface area contributed by atoms with Gasteiger partial charge in [0.05, 0.1) is 0 Å². The van der Waals surface area contributed by atoms with Crippen molar-refractivity contribution in [3.63, 3.8) is 0 Å². The Morgan fingerprint density at radius 3 is 2.86 bits per heavy atom.